The second-order valence-corrected chi connectivity index (χ2v) is 5.14. The minimum absolute atomic E-state index is 0.127. The van der Waals surface area contributed by atoms with Gasteiger partial charge < -0.3 is 10.6 Å². The number of nitrogens with one attached hydrogen (secondary N) is 2. The molecule has 1 saturated heterocycles. The molecule has 0 saturated carbocycles. The Morgan fingerprint density at radius 1 is 1.33 bits per heavy atom. The summed E-state index contributed by atoms with van der Waals surface area (Å²) in [7, 11) is 0. The third kappa shape index (κ3) is 2.51. The molecule has 0 amide bonds. The highest BCUT2D eigenvalue weighted by molar-refractivity contribution is 6.31. The van der Waals surface area contributed by atoms with Crippen LogP contribution in [0, 0.1) is 0 Å². The van der Waals surface area contributed by atoms with Crippen molar-refractivity contribution in [2.75, 3.05) is 13.1 Å². The van der Waals surface area contributed by atoms with Gasteiger partial charge in [-0.2, -0.15) is 0 Å². The van der Waals surface area contributed by atoms with E-state index in [1.807, 2.05) is 18.2 Å². The minimum Gasteiger partial charge on any atom is -0.313 e. The number of benzene rings is 1. The lowest BCUT2D eigenvalue weighted by Crippen LogP contribution is -2.56. The maximum absolute atomic E-state index is 6.18. The third-order valence-corrected chi connectivity index (χ3v) is 3.11. The highest BCUT2D eigenvalue weighted by Crippen LogP contribution is 2.25. The van der Waals surface area contributed by atoms with Crippen molar-refractivity contribution in [2.24, 2.45) is 0 Å². The number of hydrogen-bond donors (Lipinski definition) is 2. The summed E-state index contributed by atoms with van der Waals surface area (Å²) in [6.45, 7) is 6.33. The minimum atomic E-state index is 0.127. The smallest absolute Gasteiger partial charge is 0.0466 e. The van der Waals surface area contributed by atoms with Crippen LogP contribution in [0.15, 0.2) is 24.3 Å². The van der Waals surface area contributed by atoms with Gasteiger partial charge in [0.05, 0.1) is 0 Å². The number of piperazine rings is 1. The van der Waals surface area contributed by atoms with Crippen LogP contribution in [0.1, 0.15) is 25.5 Å². The van der Waals surface area contributed by atoms with E-state index in [0.717, 1.165) is 18.1 Å². The van der Waals surface area contributed by atoms with Gasteiger partial charge in [0.25, 0.3) is 0 Å². The zero-order valence-corrected chi connectivity index (χ0v) is 9.93. The van der Waals surface area contributed by atoms with E-state index in [0.29, 0.717) is 6.04 Å². The van der Waals surface area contributed by atoms with Gasteiger partial charge in [0.1, 0.15) is 0 Å². The van der Waals surface area contributed by atoms with Crippen molar-refractivity contribution in [1.82, 2.24) is 10.6 Å². The number of halogens is 1. The van der Waals surface area contributed by atoms with E-state index in [1.165, 1.54) is 5.56 Å². The summed E-state index contributed by atoms with van der Waals surface area (Å²) in [5, 5.41) is 7.87. The zero-order valence-electron chi connectivity index (χ0n) is 9.18. The lowest BCUT2D eigenvalue weighted by atomic mass is 9.96. The van der Waals surface area contributed by atoms with E-state index < -0.39 is 0 Å². The Morgan fingerprint density at radius 2 is 2.07 bits per heavy atom. The molecular formula is C12H17ClN2. The van der Waals surface area contributed by atoms with Crippen molar-refractivity contribution < 1.29 is 0 Å². The standard InChI is InChI=1S/C12H17ClN2/c1-12(2)8-14-7-11(15-12)9-5-3-4-6-10(9)13/h3-6,11,14-15H,7-8H2,1-2H3. The van der Waals surface area contributed by atoms with Crippen molar-refractivity contribution in [3.63, 3.8) is 0 Å². The maximum atomic E-state index is 6.18. The molecule has 1 atom stereocenters. The van der Waals surface area contributed by atoms with Gasteiger partial charge >= 0.3 is 0 Å². The van der Waals surface area contributed by atoms with Crippen molar-refractivity contribution >= 4 is 11.6 Å². The van der Waals surface area contributed by atoms with E-state index in [9.17, 15) is 0 Å². The Balaban J connectivity index is 2.21. The Bertz CT molecular complexity index is 349. The van der Waals surface area contributed by atoms with Gasteiger partial charge in [-0.15, -0.1) is 0 Å². The number of hydrogen-bond acceptors (Lipinski definition) is 2. The van der Waals surface area contributed by atoms with Gasteiger partial charge in [-0.05, 0) is 25.5 Å². The fourth-order valence-corrected chi connectivity index (χ4v) is 2.32. The lowest BCUT2D eigenvalue weighted by molar-refractivity contribution is 0.264. The lowest BCUT2D eigenvalue weighted by Gasteiger charge is -2.38. The van der Waals surface area contributed by atoms with Crippen molar-refractivity contribution in [3.8, 4) is 0 Å². The molecule has 0 aliphatic carbocycles. The normalized spacial score (nSPS) is 25.1. The SMILES string of the molecule is CC1(C)CNCC(c2ccccc2Cl)N1. The topological polar surface area (TPSA) is 24.1 Å². The first-order valence-electron chi connectivity index (χ1n) is 5.31. The van der Waals surface area contributed by atoms with Crippen LogP contribution in [0.4, 0.5) is 0 Å². The van der Waals surface area contributed by atoms with Crippen LogP contribution in [-0.4, -0.2) is 18.6 Å². The molecule has 0 aromatic heterocycles. The Morgan fingerprint density at radius 3 is 2.73 bits per heavy atom. The molecule has 2 nitrogen and oxygen atoms in total. The van der Waals surface area contributed by atoms with E-state index >= 15 is 0 Å². The molecule has 1 unspecified atom stereocenters. The van der Waals surface area contributed by atoms with E-state index in [4.69, 9.17) is 11.6 Å². The summed E-state index contributed by atoms with van der Waals surface area (Å²) in [5.74, 6) is 0. The second-order valence-electron chi connectivity index (χ2n) is 4.73. The fourth-order valence-electron chi connectivity index (χ4n) is 2.05. The van der Waals surface area contributed by atoms with Gasteiger partial charge in [0.15, 0.2) is 0 Å². The molecule has 15 heavy (non-hydrogen) atoms. The first-order valence-corrected chi connectivity index (χ1v) is 5.69. The zero-order chi connectivity index (χ0) is 10.9. The summed E-state index contributed by atoms with van der Waals surface area (Å²) in [4.78, 5) is 0. The van der Waals surface area contributed by atoms with Crippen molar-refractivity contribution in [3.05, 3.63) is 34.9 Å². The van der Waals surface area contributed by atoms with Crippen LogP contribution < -0.4 is 10.6 Å². The molecule has 1 aromatic carbocycles. The highest BCUT2D eigenvalue weighted by Gasteiger charge is 2.28. The molecule has 2 N–H and O–H groups in total. The predicted octanol–water partition coefficient (Wildman–Crippen LogP) is 2.35. The van der Waals surface area contributed by atoms with Crippen molar-refractivity contribution in [1.29, 1.82) is 0 Å². The Kier molecular flexibility index (Phi) is 3.01. The molecule has 0 spiro atoms. The molecule has 1 heterocycles. The molecule has 82 valence electrons. The summed E-state index contributed by atoms with van der Waals surface area (Å²) in [6, 6.07) is 8.34. The van der Waals surface area contributed by atoms with Gasteiger partial charge in [-0.25, -0.2) is 0 Å². The van der Waals surface area contributed by atoms with Crippen LogP contribution in [0.2, 0.25) is 5.02 Å². The molecular weight excluding hydrogens is 208 g/mol. The second kappa shape index (κ2) is 4.12. The van der Waals surface area contributed by atoms with Gasteiger partial charge in [-0.3, -0.25) is 0 Å². The molecule has 1 aliphatic heterocycles. The van der Waals surface area contributed by atoms with E-state index in [1.54, 1.807) is 0 Å². The number of rotatable bonds is 1. The third-order valence-electron chi connectivity index (χ3n) is 2.76. The maximum Gasteiger partial charge on any atom is 0.0466 e. The van der Waals surface area contributed by atoms with Gasteiger partial charge in [-0.1, -0.05) is 29.8 Å². The quantitative estimate of drug-likeness (QED) is 0.766. The summed E-state index contributed by atoms with van der Waals surface area (Å²) >= 11 is 6.18. The summed E-state index contributed by atoms with van der Waals surface area (Å²) < 4.78 is 0. The molecule has 1 aromatic rings. The molecule has 0 radical (unpaired) electrons. The van der Waals surface area contributed by atoms with Crippen LogP contribution in [0.3, 0.4) is 0 Å². The molecule has 1 fully saturated rings. The first kappa shape index (κ1) is 10.9. The average molecular weight is 225 g/mol. The van der Waals surface area contributed by atoms with Crippen LogP contribution in [-0.2, 0) is 0 Å². The van der Waals surface area contributed by atoms with E-state index in [-0.39, 0.29) is 5.54 Å². The molecule has 2 rings (SSSR count). The van der Waals surface area contributed by atoms with Crippen LogP contribution in [0.5, 0.6) is 0 Å². The Labute approximate surface area is 96.0 Å². The molecule has 0 bridgehead atoms. The average Bonchev–Trinajstić information content (AvgIpc) is 2.17. The molecule has 3 heteroatoms. The van der Waals surface area contributed by atoms with Gasteiger partial charge in [0.2, 0.25) is 0 Å². The Hall–Kier alpha value is -0.570. The fraction of sp³-hybridized carbons (Fsp3) is 0.500. The molecule has 1 aliphatic rings. The largest absolute Gasteiger partial charge is 0.313 e. The van der Waals surface area contributed by atoms with Gasteiger partial charge in [0, 0.05) is 29.7 Å². The monoisotopic (exact) mass is 224 g/mol. The summed E-state index contributed by atoms with van der Waals surface area (Å²) in [5.41, 5.74) is 1.31. The highest BCUT2D eigenvalue weighted by atomic mass is 35.5. The predicted molar refractivity (Wildman–Crippen MR) is 64.3 cm³/mol. The van der Waals surface area contributed by atoms with Crippen LogP contribution >= 0.6 is 11.6 Å². The van der Waals surface area contributed by atoms with Crippen molar-refractivity contribution in [2.45, 2.75) is 25.4 Å². The summed E-state index contributed by atoms with van der Waals surface area (Å²) in [6.07, 6.45) is 0. The first-order chi connectivity index (χ1) is 7.08. The van der Waals surface area contributed by atoms with Crippen LogP contribution in [0.25, 0.3) is 0 Å². The van der Waals surface area contributed by atoms with E-state index in [2.05, 4.69) is 30.5 Å².